The average Bonchev–Trinajstić information content (AvgIpc) is 2.84. The molecule has 1 amide bonds. The van der Waals surface area contributed by atoms with Gasteiger partial charge in [0, 0.05) is 68.5 Å². The highest BCUT2D eigenvalue weighted by Gasteiger charge is 2.28. The Morgan fingerprint density at radius 3 is 2.56 bits per heavy atom. The van der Waals surface area contributed by atoms with Gasteiger partial charge in [0.15, 0.2) is 5.82 Å². The normalized spacial score (nSPS) is 14.7. The zero-order valence-electron chi connectivity index (χ0n) is 18.9. The number of anilines is 1. The summed E-state index contributed by atoms with van der Waals surface area (Å²) in [6.45, 7) is 3.43. The van der Waals surface area contributed by atoms with Gasteiger partial charge in [-0.15, -0.1) is 0 Å². The third-order valence-electron chi connectivity index (χ3n) is 5.90. The lowest BCUT2D eigenvalue weighted by Gasteiger charge is -2.33. The molecule has 6 heteroatoms. The van der Waals surface area contributed by atoms with E-state index >= 15 is 0 Å². The molecule has 164 valence electrons. The SMILES string of the molecule is C/C=C/c1cnc(-c2cccnc2)nc1C1CCN(C(=O)c2ccccc2N(C)C)CC1. The molecule has 3 heterocycles. The topological polar surface area (TPSA) is 62.2 Å². The number of rotatable bonds is 5. The average molecular weight is 428 g/mol. The number of hydrogen-bond acceptors (Lipinski definition) is 5. The Bertz CT molecular complexity index is 1100. The van der Waals surface area contributed by atoms with Crippen molar-refractivity contribution in [3.05, 3.63) is 77.9 Å². The van der Waals surface area contributed by atoms with Gasteiger partial charge in [0.25, 0.3) is 5.91 Å². The van der Waals surface area contributed by atoms with Crippen molar-refractivity contribution >= 4 is 17.7 Å². The van der Waals surface area contributed by atoms with Gasteiger partial charge < -0.3 is 9.80 Å². The standard InChI is InChI=1S/C26H29N5O/c1-4-8-20-18-28-25(21-9-7-14-27-17-21)29-24(20)19-12-15-31(16-13-19)26(32)22-10-5-6-11-23(22)30(2)3/h4-11,14,17-19H,12-13,15-16H2,1-3H3/b8-4+. The van der Waals surface area contributed by atoms with Gasteiger partial charge in [-0.2, -0.15) is 0 Å². The highest BCUT2D eigenvalue weighted by Crippen LogP contribution is 2.32. The van der Waals surface area contributed by atoms with Crippen molar-refractivity contribution in [1.82, 2.24) is 19.9 Å². The molecule has 0 N–H and O–H groups in total. The van der Waals surface area contributed by atoms with Crippen LogP contribution in [0.1, 0.15) is 47.3 Å². The molecule has 0 unspecified atom stereocenters. The number of amides is 1. The van der Waals surface area contributed by atoms with Crippen molar-refractivity contribution in [2.24, 2.45) is 0 Å². The van der Waals surface area contributed by atoms with E-state index in [-0.39, 0.29) is 11.8 Å². The summed E-state index contributed by atoms with van der Waals surface area (Å²) in [6, 6.07) is 11.7. The minimum Gasteiger partial charge on any atom is -0.377 e. The second kappa shape index (κ2) is 9.73. The number of carbonyl (C=O) groups excluding carboxylic acids is 1. The fourth-order valence-corrected chi connectivity index (χ4v) is 4.24. The Morgan fingerprint density at radius 1 is 1.09 bits per heavy atom. The predicted molar refractivity (Wildman–Crippen MR) is 129 cm³/mol. The highest BCUT2D eigenvalue weighted by molar-refractivity contribution is 5.99. The summed E-state index contributed by atoms with van der Waals surface area (Å²) in [5.74, 6) is 1.08. The number of allylic oxidation sites excluding steroid dienone is 1. The minimum atomic E-state index is 0.0974. The maximum Gasteiger partial charge on any atom is 0.255 e. The summed E-state index contributed by atoms with van der Waals surface area (Å²) in [4.78, 5) is 30.9. The summed E-state index contributed by atoms with van der Waals surface area (Å²) in [7, 11) is 3.94. The largest absolute Gasteiger partial charge is 0.377 e. The maximum absolute atomic E-state index is 13.2. The Balaban J connectivity index is 1.55. The number of aromatic nitrogens is 3. The Kier molecular flexibility index (Phi) is 6.59. The second-order valence-corrected chi connectivity index (χ2v) is 8.25. The molecule has 3 aromatic rings. The lowest BCUT2D eigenvalue weighted by Crippen LogP contribution is -2.38. The first-order chi connectivity index (χ1) is 15.6. The van der Waals surface area contributed by atoms with E-state index in [4.69, 9.17) is 4.98 Å². The van der Waals surface area contributed by atoms with Gasteiger partial charge in [0.1, 0.15) is 0 Å². The Labute approximate surface area is 189 Å². The monoisotopic (exact) mass is 427 g/mol. The first kappa shape index (κ1) is 21.7. The maximum atomic E-state index is 13.2. The van der Waals surface area contributed by atoms with Crippen LogP contribution in [0.4, 0.5) is 5.69 Å². The first-order valence-electron chi connectivity index (χ1n) is 11.0. The molecule has 1 aromatic carbocycles. The van der Waals surface area contributed by atoms with Gasteiger partial charge in [-0.25, -0.2) is 9.97 Å². The van der Waals surface area contributed by atoms with Crippen LogP contribution in [-0.4, -0.2) is 52.9 Å². The molecule has 0 atom stereocenters. The minimum absolute atomic E-state index is 0.0974. The van der Waals surface area contributed by atoms with Crippen LogP contribution in [0.15, 0.2) is 61.1 Å². The molecule has 4 rings (SSSR count). The number of para-hydroxylation sites is 1. The zero-order chi connectivity index (χ0) is 22.5. The molecule has 1 saturated heterocycles. The van der Waals surface area contributed by atoms with E-state index in [1.165, 1.54) is 0 Å². The van der Waals surface area contributed by atoms with Crippen molar-refractivity contribution in [2.75, 3.05) is 32.1 Å². The zero-order valence-corrected chi connectivity index (χ0v) is 18.9. The molecule has 1 fully saturated rings. The second-order valence-electron chi connectivity index (χ2n) is 8.25. The number of likely N-dealkylation sites (tertiary alicyclic amines) is 1. The number of carbonyl (C=O) groups is 1. The van der Waals surface area contributed by atoms with Crippen LogP contribution >= 0.6 is 0 Å². The van der Waals surface area contributed by atoms with Crippen molar-refractivity contribution in [3.8, 4) is 11.4 Å². The van der Waals surface area contributed by atoms with Crippen LogP contribution in [0.5, 0.6) is 0 Å². The molecule has 0 radical (unpaired) electrons. The third-order valence-corrected chi connectivity index (χ3v) is 5.90. The summed E-state index contributed by atoms with van der Waals surface area (Å²) in [5.41, 5.74) is 4.72. The van der Waals surface area contributed by atoms with Crippen molar-refractivity contribution in [1.29, 1.82) is 0 Å². The van der Waals surface area contributed by atoms with E-state index < -0.39 is 0 Å². The number of pyridine rings is 1. The van der Waals surface area contributed by atoms with E-state index in [0.29, 0.717) is 18.9 Å². The fraction of sp³-hybridized carbons (Fsp3) is 0.308. The smallest absolute Gasteiger partial charge is 0.255 e. The van der Waals surface area contributed by atoms with E-state index in [2.05, 4.69) is 16.0 Å². The molecular formula is C26H29N5O. The first-order valence-corrected chi connectivity index (χ1v) is 11.0. The summed E-state index contributed by atoms with van der Waals surface area (Å²) < 4.78 is 0. The van der Waals surface area contributed by atoms with Gasteiger partial charge in [0.05, 0.1) is 11.3 Å². The Morgan fingerprint density at radius 2 is 1.88 bits per heavy atom. The van der Waals surface area contributed by atoms with Gasteiger partial charge in [0.2, 0.25) is 0 Å². The van der Waals surface area contributed by atoms with Crippen molar-refractivity contribution in [2.45, 2.75) is 25.7 Å². The van der Waals surface area contributed by atoms with Crippen LogP contribution < -0.4 is 4.90 Å². The number of piperidine rings is 1. The predicted octanol–water partition coefficient (Wildman–Crippen LogP) is 4.66. The molecular weight excluding hydrogens is 398 g/mol. The molecule has 1 aliphatic heterocycles. The highest BCUT2D eigenvalue weighted by atomic mass is 16.2. The summed E-state index contributed by atoms with van der Waals surface area (Å²) >= 11 is 0. The molecule has 2 aromatic heterocycles. The molecule has 32 heavy (non-hydrogen) atoms. The molecule has 0 bridgehead atoms. The molecule has 6 nitrogen and oxygen atoms in total. The van der Waals surface area contributed by atoms with Gasteiger partial charge in [-0.05, 0) is 44.0 Å². The van der Waals surface area contributed by atoms with Crippen LogP contribution in [0.25, 0.3) is 17.5 Å². The number of benzene rings is 1. The third kappa shape index (κ3) is 4.54. The molecule has 0 aliphatic carbocycles. The Hall–Kier alpha value is -3.54. The quantitative estimate of drug-likeness (QED) is 0.593. The summed E-state index contributed by atoms with van der Waals surface area (Å²) in [6.07, 6.45) is 11.3. The van der Waals surface area contributed by atoms with Crippen LogP contribution in [-0.2, 0) is 0 Å². The summed E-state index contributed by atoms with van der Waals surface area (Å²) in [5, 5.41) is 0. The van der Waals surface area contributed by atoms with Crippen LogP contribution in [0.2, 0.25) is 0 Å². The lowest BCUT2D eigenvalue weighted by molar-refractivity contribution is 0.0712. The van der Waals surface area contributed by atoms with Crippen LogP contribution in [0.3, 0.4) is 0 Å². The molecule has 1 aliphatic rings. The molecule has 0 saturated carbocycles. The van der Waals surface area contributed by atoms with Gasteiger partial charge in [-0.3, -0.25) is 9.78 Å². The fourth-order valence-electron chi connectivity index (χ4n) is 4.24. The van der Waals surface area contributed by atoms with Crippen molar-refractivity contribution in [3.63, 3.8) is 0 Å². The van der Waals surface area contributed by atoms with Crippen LogP contribution in [0, 0.1) is 0 Å². The van der Waals surface area contributed by atoms with E-state index in [0.717, 1.165) is 40.9 Å². The number of hydrogen-bond donors (Lipinski definition) is 0. The van der Waals surface area contributed by atoms with E-state index in [9.17, 15) is 4.79 Å². The van der Waals surface area contributed by atoms with E-state index in [1.807, 2.05) is 79.5 Å². The lowest BCUT2D eigenvalue weighted by atomic mass is 9.90. The number of nitrogens with zero attached hydrogens (tertiary/aromatic N) is 5. The van der Waals surface area contributed by atoms with Crippen molar-refractivity contribution < 1.29 is 4.79 Å². The van der Waals surface area contributed by atoms with E-state index in [1.54, 1.807) is 12.4 Å². The van der Waals surface area contributed by atoms with Gasteiger partial charge >= 0.3 is 0 Å². The van der Waals surface area contributed by atoms with Gasteiger partial charge in [-0.1, -0.05) is 24.3 Å². The molecule has 0 spiro atoms.